The third kappa shape index (κ3) is 6.89. The second-order valence-corrected chi connectivity index (χ2v) is 6.96. The molecule has 0 saturated heterocycles. The van der Waals surface area contributed by atoms with Gasteiger partial charge in [-0.3, -0.25) is 9.59 Å². The van der Waals surface area contributed by atoms with Crippen molar-refractivity contribution in [2.24, 2.45) is 0 Å². The van der Waals surface area contributed by atoms with Crippen LogP contribution in [0.15, 0.2) is 48.5 Å². The van der Waals surface area contributed by atoms with E-state index in [1.165, 1.54) is 17.0 Å². The monoisotopic (exact) mass is 400 g/mol. The predicted octanol–water partition coefficient (Wildman–Crippen LogP) is 3.85. The highest BCUT2D eigenvalue weighted by molar-refractivity contribution is 5.88. The smallest absolute Gasteiger partial charge is 0.261 e. The fourth-order valence-electron chi connectivity index (χ4n) is 2.93. The summed E-state index contributed by atoms with van der Waals surface area (Å²) < 4.78 is 18.9. The Morgan fingerprint density at radius 3 is 2.31 bits per heavy atom. The lowest BCUT2D eigenvalue weighted by Crippen LogP contribution is -2.50. The number of hydrogen-bond acceptors (Lipinski definition) is 3. The van der Waals surface area contributed by atoms with Crippen LogP contribution in [0.5, 0.6) is 5.75 Å². The number of carbonyl (C=O) groups is 2. The van der Waals surface area contributed by atoms with Gasteiger partial charge in [0.25, 0.3) is 5.91 Å². The molecule has 2 rings (SSSR count). The molecule has 0 aromatic heterocycles. The molecule has 1 N–H and O–H groups in total. The average Bonchev–Trinajstić information content (AvgIpc) is 2.72. The lowest BCUT2D eigenvalue weighted by Gasteiger charge is -2.30. The van der Waals surface area contributed by atoms with Gasteiger partial charge < -0.3 is 15.0 Å². The van der Waals surface area contributed by atoms with Crippen molar-refractivity contribution in [1.82, 2.24) is 10.2 Å². The Labute approximate surface area is 171 Å². The van der Waals surface area contributed by atoms with E-state index in [1.54, 1.807) is 24.3 Å². The van der Waals surface area contributed by atoms with Crippen LogP contribution in [0.2, 0.25) is 0 Å². The summed E-state index contributed by atoms with van der Waals surface area (Å²) in [5.74, 6) is -0.246. The maximum Gasteiger partial charge on any atom is 0.261 e. The van der Waals surface area contributed by atoms with Crippen LogP contribution in [0.1, 0.15) is 37.8 Å². The summed E-state index contributed by atoms with van der Waals surface area (Å²) >= 11 is 0. The van der Waals surface area contributed by atoms with E-state index in [4.69, 9.17) is 4.74 Å². The predicted molar refractivity (Wildman–Crippen MR) is 111 cm³/mol. The molecule has 0 bridgehead atoms. The van der Waals surface area contributed by atoms with Crippen molar-refractivity contribution in [1.29, 1.82) is 0 Å². The summed E-state index contributed by atoms with van der Waals surface area (Å²) in [5, 5.41) is 2.86. The Morgan fingerprint density at radius 2 is 1.72 bits per heavy atom. The Bertz CT molecular complexity index is 791. The summed E-state index contributed by atoms with van der Waals surface area (Å²) in [5.41, 5.74) is 1.84. The molecule has 0 aliphatic rings. The zero-order valence-corrected chi connectivity index (χ0v) is 17.3. The molecule has 0 fully saturated rings. The van der Waals surface area contributed by atoms with Gasteiger partial charge in [0.15, 0.2) is 6.61 Å². The molecule has 1 atom stereocenters. The minimum Gasteiger partial charge on any atom is -0.484 e. The molecule has 2 aromatic rings. The van der Waals surface area contributed by atoms with E-state index in [9.17, 15) is 14.0 Å². The number of aryl methyl sites for hydroxylation is 1. The van der Waals surface area contributed by atoms with Crippen LogP contribution in [-0.4, -0.2) is 35.9 Å². The van der Waals surface area contributed by atoms with Crippen LogP contribution < -0.4 is 10.1 Å². The number of benzene rings is 2. The van der Waals surface area contributed by atoms with Gasteiger partial charge >= 0.3 is 0 Å². The zero-order chi connectivity index (χ0) is 21.2. The van der Waals surface area contributed by atoms with Gasteiger partial charge in [-0.25, -0.2) is 4.39 Å². The van der Waals surface area contributed by atoms with E-state index in [0.717, 1.165) is 17.5 Å². The van der Waals surface area contributed by atoms with Crippen LogP contribution in [0.25, 0.3) is 0 Å². The van der Waals surface area contributed by atoms with Crippen molar-refractivity contribution in [3.05, 3.63) is 65.5 Å². The quantitative estimate of drug-likeness (QED) is 0.659. The lowest BCUT2D eigenvalue weighted by molar-refractivity contribution is -0.143. The summed E-state index contributed by atoms with van der Waals surface area (Å²) in [6, 6.07) is 12.7. The van der Waals surface area contributed by atoms with Crippen molar-refractivity contribution in [2.45, 2.75) is 46.2 Å². The maximum atomic E-state index is 13.2. The maximum absolute atomic E-state index is 13.2. The molecule has 0 aliphatic carbocycles. The van der Waals surface area contributed by atoms with E-state index < -0.39 is 6.04 Å². The van der Waals surface area contributed by atoms with E-state index in [2.05, 4.69) is 5.32 Å². The van der Waals surface area contributed by atoms with Crippen LogP contribution >= 0.6 is 0 Å². The molecule has 0 unspecified atom stereocenters. The molecule has 0 radical (unpaired) electrons. The zero-order valence-electron chi connectivity index (χ0n) is 17.3. The molecule has 0 heterocycles. The second kappa shape index (κ2) is 11.2. The molecule has 6 heteroatoms. The number of rotatable bonds is 10. The van der Waals surface area contributed by atoms with E-state index in [1.807, 2.05) is 32.9 Å². The van der Waals surface area contributed by atoms with Crippen molar-refractivity contribution >= 4 is 11.8 Å². The van der Waals surface area contributed by atoms with E-state index in [-0.39, 0.29) is 30.8 Å². The number of carbonyl (C=O) groups excluding carboxylic acids is 2. The first-order valence-electron chi connectivity index (χ1n) is 9.95. The largest absolute Gasteiger partial charge is 0.484 e. The molecular weight excluding hydrogens is 371 g/mol. The van der Waals surface area contributed by atoms with Gasteiger partial charge in [-0.1, -0.05) is 43.7 Å². The van der Waals surface area contributed by atoms with Crippen molar-refractivity contribution in [2.75, 3.05) is 13.2 Å². The third-order valence-corrected chi connectivity index (χ3v) is 4.58. The van der Waals surface area contributed by atoms with Gasteiger partial charge in [-0.05, 0) is 49.6 Å². The first-order valence-corrected chi connectivity index (χ1v) is 9.95. The van der Waals surface area contributed by atoms with E-state index >= 15 is 0 Å². The van der Waals surface area contributed by atoms with E-state index in [0.29, 0.717) is 18.7 Å². The van der Waals surface area contributed by atoms with Crippen molar-refractivity contribution in [3.8, 4) is 5.75 Å². The Hall–Kier alpha value is -2.89. The minimum absolute atomic E-state index is 0.179. The van der Waals surface area contributed by atoms with Crippen molar-refractivity contribution < 1.29 is 18.7 Å². The van der Waals surface area contributed by atoms with Crippen molar-refractivity contribution in [3.63, 3.8) is 0 Å². The molecular formula is C23H29FN2O3. The van der Waals surface area contributed by atoms with Gasteiger partial charge in [0.1, 0.15) is 17.6 Å². The number of nitrogens with zero attached hydrogens (tertiary/aromatic N) is 1. The van der Waals surface area contributed by atoms with Gasteiger partial charge in [-0.2, -0.15) is 0 Å². The fourth-order valence-corrected chi connectivity index (χ4v) is 2.93. The number of amides is 2. The summed E-state index contributed by atoms with van der Waals surface area (Å²) in [7, 11) is 0. The highest BCUT2D eigenvalue weighted by atomic mass is 19.1. The van der Waals surface area contributed by atoms with Crippen LogP contribution in [-0.2, 0) is 16.1 Å². The summed E-state index contributed by atoms with van der Waals surface area (Å²) in [6.07, 6.45) is 1.28. The number of hydrogen-bond donors (Lipinski definition) is 1. The highest BCUT2D eigenvalue weighted by Crippen LogP contribution is 2.15. The number of nitrogens with one attached hydrogen (secondary N) is 1. The average molecular weight is 400 g/mol. The Morgan fingerprint density at radius 1 is 1.07 bits per heavy atom. The molecule has 0 aliphatic heterocycles. The fraction of sp³-hybridized carbons (Fsp3) is 0.391. The van der Waals surface area contributed by atoms with Crippen LogP contribution in [0.3, 0.4) is 0 Å². The molecule has 156 valence electrons. The normalized spacial score (nSPS) is 11.6. The van der Waals surface area contributed by atoms with Crippen LogP contribution in [0, 0.1) is 12.7 Å². The molecule has 0 spiro atoms. The Balaban J connectivity index is 2.16. The molecule has 2 aromatic carbocycles. The van der Waals surface area contributed by atoms with Gasteiger partial charge in [0.05, 0.1) is 0 Å². The van der Waals surface area contributed by atoms with Crippen LogP contribution in [0.4, 0.5) is 4.39 Å². The van der Waals surface area contributed by atoms with Gasteiger partial charge in [-0.15, -0.1) is 0 Å². The third-order valence-electron chi connectivity index (χ3n) is 4.58. The van der Waals surface area contributed by atoms with Gasteiger partial charge in [0, 0.05) is 13.1 Å². The first-order chi connectivity index (χ1) is 13.9. The summed E-state index contributed by atoms with van der Waals surface area (Å²) in [6.45, 7) is 6.38. The Kier molecular flexibility index (Phi) is 8.65. The summed E-state index contributed by atoms with van der Waals surface area (Å²) in [4.78, 5) is 27.1. The minimum atomic E-state index is -0.624. The number of halogens is 1. The standard InChI is InChI=1S/C23H29FN2O3/c1-4-14-25-23(28)21(5-2)26(15-18-8-10-19(24)11-9-18)22(27)16-29-20-12-6-17(3)7-13-20/h6-13,21H,4-5,14-16H2,1-3H3,(H,25,28)/t21-/m1/s1. The highest BCUT2D eigenvalue weighted by Gasteiger charge is 2.28. The molecule has 2 amide bonds. The van der Waals surface area contributed by atoms with Gasteiger partial charge in [0.2, 0.25) is 5.91 Å². The SMILES string of the molecule is CCCNC(=O)[C@@H](CC)N(Cc1ccc(F)cc1)C(=O)COc1ccc(C)cc1. The first kappa shape index (κ1) is 22.4. The molecule has 0 saturated carbocycles. The molecule has 5 nitrogen and oxygen atoms in total. The molecule has 29 heavy (non-hydrogen) atoms. The lowest BCUT2D eigenvalue weighted by atomic mass is 10.1. The second-order valence-electron chi connectivity index (χ2n) is 6.96. The topological polar surface area (TPSA) is 58.6 Å². The number of ether oxygens (including phenoxy) is 1.